The standard InChI is InChI=1S/C21H20N6OS/c22-13-21(20-23-4-2-5-24-20)8-14-3-1-6-27(17(14)9-21)19(28)15-7-18(29-12-15)16-10-25-26-11-16/h2,4-5,7,10-12,14,17H,1,3,6,8-9H2,(H,25,26). The van der Waals surface area contributed by atoms with Crippen LogP contribution in [-0.4, -0.2) is 43.6 Å². The smallest absolute Gasteiger partial charge is 0.254 e. The maximum absolute atomic E-state index is 13.4. The van der Waals surface area contributed by atoms with Gasteiger partial charge in [0.05, 0.1) is 17.8 Å². The molecule has 3 atom stereocenters. The summed E-state index contributed by atoms with van der Waals surface area (Å²) in [5.74, 6) is 0.943. The highest BCUT2D eigenvalue weighted by molar-refractivity contribution is 7.13. The molecule has 29 heavy (non-hydrogen) atoms. The van der Waals surface area contributed by atoms with E-state index in [9.17, 15) is 10.1 Å². The Bertz CT molecular complexity index is 1060. The quantitative estimate of drug-likeness (QED) is 0.721. The molecule has 1 saturated carbocycles. The Balaban J connectivity index is 1.42. The lowest BCUT2D eigenvalue weighted by Gasteiger charge is -2.37. The van der Waals surface area contributed by atoms with E-state index in [1.54, 1.807) is 36.0 Å². The van der Waals surface area contributed by atoms with Crippen molar-refractivity contribution >= 4 is 17.2 Å². The first-order valence-electron chi connectivity index (χ1n) is 9.77. The van der Waals surface area contributed by atoms with Crippen molar-refractivity contribution in [2.75, 3.05) is 6.54 Å². The molecule has 1 saturated heterocycles. The lowest BCUT2D eigenvalue weighted by molar-refractivity contribution is 0.0547. The first-order chi connectivity index (χ1) is 14.2. The number of rotatable bonds is 3. The number of aromatic nitrogens is 4. The topological polar surface area (TPSA) is 98.6 Å². The summed E-state index contributed by atoms with van der Waals surface area (Å²) in [6, 6.07) is 6.26. The van der Waals surface area contributed by atoms with Gasteiger partial charge in [0.15, 0.2) is 0 Å². The molecule has 1 aliphatic heterocycles. The number of piperidine rings is 1. The molecule has 1 amide bonds. The van der Waals surface area contributed by atoms with Crippen LogP contribution in [0.1, 0.15) is 41.9 Å². The summed E-state index contributed by atoms with van der Waals surface area (Å²) in [4.78, 5) is 25.1. The summed E-state index contributed by atoms with van der Waals surface area (Å²) in [7, 11) is 0. The van der Waals surface area contributed by atoms with Crippen LogP contribution in [0.4, 0.5) is 0 Å². The fourth-order valence-corrected chi connectivity index (χ4v) is 5.68. The van der Waals surface area contributed by atoms with Gasteiger partial charge in [-0.1, -0.05) is 0 Å². The second-order valence-electron chi connectivity index (χ2n) is 7.83. The van der Waals surface area contributed by atoms with Gasteiger partial charge in [-0.25, -0.2) is 9.97 Å². The molecule has 0 radical (unpaired) electrons. The number of likely N-dealkylation sites (tertiary alicyclic amines) is 1. The molecule has 146 valence electrons. The lowest BCUT2D eigenvalue weighted by Crippen LogP contribution is -2.46. The Morgan fingerprint density at radius 1 is 1.34 bits per heavy atom. The number of amides is 1. The highest BCUT2D eigenvalue weighted by atomic mass is 32.1. The molecular weight excluding hydrogens is 384 g/mol. The molecule has 0 spiro atoms. The zero-order valence-electron chi connectivity index (χ0n) is 15.8. The fourth-order valence-electron chi connectivity index (χ4n) is 4.81. The average Bonchev–Trinajstić information content (AvgIpc) is 3.52. The number of nitrogens with zero attached hydrogens (tertiary/aromatic N) is 5. The minimum Gasteiger partial charge on any atom is -0.335 e. The van der Waals surface area contributed by atoms with E-state index in [1.807, 2.05) is 22.5 Å². The maximum Gasteiger partial charge on any atom is 0.254 e. The molecule has 2 aliphatic rings. The third kappa shape index (κ3) is 3.02. The van der Waals surface area contributed by atoms with Gasteiger partial charge < -0.3 is 4.90 Å². The monoisotopic (exact) mass is 404 g/mol. The summed E-state index contributed by atoms with van der Waals surface area (Å²) in [5, 5.41) is 18.7. The molecular formula is C21H20N6OS. The number of nitriles is 1. The van der Waals surface area contributed by atoms with Gasteiger partial charge in [-0.2, -0.15) is 10.4 Å². The SMILES string of the molecule is N#CC1(c2ncccn2)CC2CCCN(C(=O)c3csc(-c4cn[nH]c4)c3)C2C1. The number of thiophene rings is 1. The zero-order chi connectivity index (χ0) is 19.8. The van der Waals surface area contributed by atoms with Crippen molar-refractivity contribution in [3.05, 3.63) is 53.7 Å². The van der Waals surface area contributed by atoms with E-state index in [-0.39, 0.29) is 11.9 Å². The third-order valence-corrected chi connectivity index (χ3v) is 7.16. The van der Waals surface area contributed by atoms with Crippen LogP contribution in [0.3, 0.4) is 0 Å². The normalized spacial score (nSPS) is 26.1. The van der Waals surface area contributed by atoms with Crippen LogP contribution in [0.2, 0.25) is 0 Å². The van der Waals surface area contributed by atoms with Gasteiger partial charge in [0.1, 0.15) is 11.2 Å². The van der Waals surface area contributed by atoms with Crippen molar-refractivity contribution in [2.24, 2.45) is 5.92 Å². The second-order valence-corrected chi connectivity index (χ2v) is 8.74. The van der Waals surface area contributed by atoms with E-state index in [1.165, 1.54) is 0 Å². The largest absolute Gasteiger partial charge is 0.335 e. The van der Waals surface area contributed by atoms with Gasteiger partial charge in [-0.05, 0) is 43.7 Å². The Kier molecular flexibility index (Phi) is 4.40. The number of hydrogen-bond acceptors (Lipinski definition) is 6. The Hall–Kier alpha value is -3.05. The van der Waals surface area contributed by atoms with Gasteiger partial charge in [0.2, 0.25) is 0 Å². The Labute approximate surface area is 172 Å². The fraction of sp³-hybridized carbons (Fsp3) is 0.381. The van der Waals surface area contributed by atoms with Crippen LogP contribution in [-0.2, 0) is 5.41 Å². The summed E-state index contributed by atoms with van der Waals surface area (Å²) in [5.41, 5.74) is 0.976. The van der Waals surface area contributed by atoms with Crippen LogP contribution in [0, 0.1) is 17.2 Å². The number of H-pyrrole nitrogens is 1. The van der Waals surface area contributed by atoms with Gasteiger partial charge in [0.25, 0.3) is 5.91 Å². The van der Waals surface area contributed by atoms with E-state index in [0.29, 0.717) is 30.1 Å². The number of nitrogens with one attached hydrogen (secondary N) is 1. The molecule has 3 unspecified atom stereocenters. The van der Waals surface area contributed by atoms with Crippen LogP contribution in [0.25, 0.3) is 10.4 Å². The molecule has 2 fully saturated rings. The van der Waals surface area contributed by atoms with Crippen LogP contribution in [0.5, 0.6) is 0 Å². The molecule has 1 N–H and O–H groups in total. The molecule has 8 heteroatoms. The Morgan fingerprint density at radius 3 is 2.97 bits per heavy atom. The number of carbonyl (C=O) groups is 1. The van der Waals surface area contributed by atoms with Crippen LogP contribution in [0.15, 0.2) is 42.3 Å². The van der Waals surface area contributed by atoms with E-state index in [2.05, 4.69) is 26.2 Å². The van der Waals surface area contributed by atoms with Crippen molar-refractivity contribution in [3.8, 4) is 16.5 Å². The van der Waals surface area contributed by atoms with Gasteiger partial charge >= 0.3 is 0 Å². The summed E-state index contributed by atoms with van der Waals surface area (Å²) in [6.45, 7) is 0.730. The number of aromatic amines is 1. The van der Waals surface area contributed by atoms with Crippen molar-refractivity contribution in [2.45, 2.75) is 37.1 Å². The minimum absolute atomic E-state index is 0.0495. The maximum atomic E-state index is 13.4. The molecule has 0 aromatic carbocycles. The first-order valence-corrected chi connectivity index (χ1v) is 10.7. The number of carbonyl (C=O) groups excluding carboxylic acids is 1. The van der Waals surface area contributed by atoms with Crippen molar-refractivity contribution < 1.29 is 4.79 Å². The van der Waals surface area contributed by atoms with E-state index in [0.717, 1.165) is 29.8 Å². The predicted octanol–water partition coefficient (Wildman–Crippen LogP) is 3.40. The highest BCUT2D eigenvalue weighted by Gasteiger charge is 2.52. The van der Waals surface area contributed by atoms with Crippen LogP contribution < -0.4 is 0 Å². The molecule has 5 rings (SSSR count). The second kappa shape index (κ2) is 7.08. The van der Waals surface area contributed by atoms with Crippen molar-refractivity contribution in [1.82, 2.24) is 25.1 Å². The third-order valence-electron chi connectivity index (χ3n) is 6.18. The summed E-state index contributed by atoms with van der Waals surface area (Å²) < 4.78 is 0. The van der Waals surface area contributed by atoms with Gasteiger partial charge in [-0.15, -0.1) is 11.3 Å². The van der Waals surface area contributed by atoms with Crippen molar-refractivity contribution in [3.63, 3.8) is 0 Å². The average molecular weight is 404 g/mol. The molecule has 1 aliphatic carbocycles. The first kappa shape index (κ1) is 18.0. The predicted molar refractivity (Wildman–Crippen MR) is 108 cm³/mol. The molecule has 3 aromatic heterocycles. The Morgan fingerprint density at radius 2 is 2.21 bits per heavy atom. The van der Waals surface area contributed by atoms with E-state index >= 15 is 0 Å². The highest BCUT2D eigenvalue weighted by Crippen LogP contribution is 2.48. The minimum atomic E-state index is -0.712. The van der Waals surface area contributed by atoms with Gasteiger partial charge in [-0.3, -0.25) is 9.89 Å². The molecule has 7 nitrogen and oxygen atoms in total. The van der Waals surface area contributed by atoms with Crippen LogP contribution >= 0.6 is 11.3 Å². The molecule has 3 aromatic rings. The molecule has 4 heterocycles. The zero-order valence-corrected chi connectivity index (χ0v) is 16.6. The van der Waals surface area contributed by atoms with E-state index in [4.69, 9.17) is 0 Å². The lowest BCUT2D eigenvalue weighted by atomic mass is 9.85. The number of hydrogen-bond donors (Lipinski definition) is 1. The number of fused-ring (bicyclic) bond motifs is 1. The van der Waals surface area contributed by atoms with E-state index < -0.39 is 5.41 Å². The van der Waals surface area contributed by atoms with Gasteiger partial charge in [0, 0.05) is 47.0 Å². The summed E-state index contributed by atoms with van der Waals surface area (Å²) >= 11 is 1.55. The molecule has 0 bridgehead atoms. The van der Waals surface area contributed by atoms with Crippen molar-refractivity contribution in [1.29, 1.82) is 5.26 Å². The summed E-state index contributed by atoms with van der Waals surface area (Å²) in [6.07, 6.45) is 10.3.